The van der Waals surface area contributed by atoms with Gasteiger partial charge in [-0.15, -0.1) is 10.2 Å². The minimum atomic E-state index is -0.0702. The zero-order valence-corrected chi connectivity index (χ0v) is 15.3. The molecule has 4 rings (SSSR count). The average Bonchev–Trinajstić information content (AvgIpc) is 3.33. The van der Waals surface area contributed by atoms with Crippen molar-refractivity contribution in [2.45, 2.75) is 44.6 Å². The molecule has 0 spiro atoms. The van der Waals surface area contributed by atoms with E-state index in [2.05, 4.69) is 24.6 Å². The molecule has 8 heteroatoms. The molecule has 140 valence electrons. The van der Waals surface area contributed by atoms with Gasteiger partial charge in [0, 0.05) is 26.1 Å². The largest absolute Gasteiger partial charge is 0.451 e. The second-order valence-electron chi connectivity index (χ2n) is 7.33. The molecule has 8 nitrogen and oxygen atoms in total. The van der Waals surface area contributed by atoms with Crippen LogP contribution in [0.15, 0.2) is 17.1 Å². The Hall–Kier alpha value is -2.22. The highest BCUT2D eigenvalue weighted by Gasteiger charge is 2.30. The molecular formula is C18H26N6O2. The summed E-state index contributed by atoms with van der Waals surface area (Å²) < 4.78 is 7.07. The van der Waals surface area contributed by atoms with Crippen LogP contribution in [0.5, 0.6) is 0 Å². The second kappa shape index (κ2) is 7.57. The Bertz CT molecular complexity index is 735. The van der Waals surface area contributed by atoms with E-state index in [0.717, 1.165) is 50.7 Å². The van der Waals surface area contributed by atoms with Crippen molar-refractivity contribution in [1.29, 1.82) is 0 Å². The number of carbonyl (C=O) groups excluding carboxylic acids is 1. The molecule has 0 saturated carbocycles. The fourth-order valence-electron chi connectivity index (χ4n) is 4.04. The Morgan fingerprint density at radius 2 is 2.04 bits per heavy atom. The number of aromatic nitrogens is 4. The quantitative estimate of drug-likeness (QED) is 0.829. The first-order valence-electron chi connectivity index (χ1n) is 9.50. The fraction of sp³-hybridized carbons (Fsp3) is 0.667. The Kier molecular flexibility index (Phi) is 5.01. The van der Waals surface area contributed by atoms with Crippen LogP contribution in [0.3, 0.4) is 0 Å². The lowest BCUT2D eigenvalue weighted by molar-refractivity contribution is 0.0697. The summed E-state index contributed by atoms with van der Waals surface area (Å²) in [5, 5.41) is 8.92. The summed E-state index contributed by atoms with van der Waals surface area (Å²) in [7, 11) is 2.05. The first-order chi connectivity index (χ1) is 12.7. The van der Waals surface area contributed by atoms with Gasteiger partial charge in [0.1, 0.15) is 17.9 Å². The van der Waals surface area contributed by atoms with Gasteiger partial charge >= 0.3 is 0 Å². The number of amides is 1. The third kappa shape index (κ3) is 3.51. The maximum atomic E-state index is 12.5. The van der Waals surface area contributed by atoms with Crippen LogP contribution in [0, 0.1) is 0 Å². The van der Waals surface area contributed by atoms with E-state index in [-0.39, 0.29) is 11.8 Å². The predicted octanol–water partition coefficient (Wildman–Crippen LogP) is 1.81. The SMILES string of the molecule is Cn1c(CN2CCCCC2)nnc1[C@@H]1CCCN(C(=O)c2cocn2)C1. The molecule has 0 radical (unpaired) electrons. The van der Waals surface area contributed by atoms with Gasteiger partial charge < -0.3 is 13.9 Å². The molecule has 2 aliphatic rings. The molecule has 0 aliphatic carbocycles. The van der Waals surface area contributed by atoms with Crippen molar-refractivity contribution >= 4 is 5.91 Å². The summed E-state index contributed by atoms with van der Waals surface area (Å²) in [6.45, 7) is 4.55. The van der Waals surface area contributed by atoms with Crippen LogP contribution in [0.25, 0.3) is 0 Å². The van der Waals surface area contributed by atoms with Gasteiger partial charge in [0.15, 0.2) is 12.1 Å². The molecule has 26 heavy (non-hydrogen) atoms. The molecule has 1 amide bonds. The lowest BCUT2D eigenvalue weighted by atomic mass is 9.97. The number of carbonyl (C=O) groups is 1. The lowest BCUT2D eigenvalue weighted by Gasteiger charge is -2.31. The van der Waals surface area contributed by atoms with E-state index in [1.807, 2.05) is 11.9 Å². The van der Waals surface area contributed by atoms with Crippen LogP contribution in [0.2, 0.25) is 0 Å². The van der Waals surface area contributed by atoms with Crippen molar-refractivity contribution in [3.05, 3.63) is 30.0 Å². The number of nitrogens with zero attached hydrogens (tertiary/aromatic N) is 6. The standard InChI is InChI=1S/C18H26N6O2/c1-22-16(11-23-7-3-2-4-8-23)20-21-17(22)14-6-5-9-24(10-14)18(25)15-12-26-13-19-15/h12-14H,2-11H2,1H3/t14-/m1/s1. The van der Waals surface area contributed by atoms with Gasteiger partial charge in [0.05, 0.1) is 6.54 Å². The first-order valence-corrected chi connectivity index (χ1v) is 9.50. The molecule has 2 fully saturated rings. The van der Waals surface area contributed by atoms with Crippen molar-refractivity contribution in [3.8, 4) is 0 Å². The van der Waals surface area contributed by atoms with E-state index < -0.39 is 0 Å². The van der Waals surface area contributed by atoms with E-state index in [1.165, 1.54) is 31.9 Å². The third-order valence-electron chi connectivity index (χ3n) is 5.54. The predicted molar refractivity (Wildman–Crippen MR) is 94.5 cm³/mol. The van der Waals surface area contributed by atoms with Crippen molar-refractivity contribution in [1.82, 2.24) is 29.5 Å². The zero-order chi connectivity index (χ0) is 17.9. The lowest BCUT2D eigenvalue weighted by Crippen LogP contribution is -2.40. The number of likely N-dealkylation sites (tertiary alicyclic amines) is 2. The first kappa shape index (κ1) is 17.2. The highest BCUT2D eigenvalue weighted by Crippen LogP contribution is 2.27. The molecule has 0 aromatic carbocycles. The summed E-state index contributed by atoms with van der Waals surface area (Å²) in [6, 6.07) is 0. The van der Waals surface area contributed by atoms with Crippen molar-refractivity contribution in [3.63, 3.8) is 0 Å². The molecule has 0 unspecified atom stereocenters. The van der Waals surface area contributed by atoms with E-state index in [0.29, 0.717) is 12.2 Å². The van der Waals surface area contributed by atoms with E-state index >= 15 is 0 Å². The Labute approximate surface area is 153 Å². The van der Waals surface area contributed by atoms with Crippen molar-refractivity contribution < 1.29 is 9.21 Å². The number of rotatable bonds is 4. The molecule has 0 bridgehead atoms. The molecule has 2 aromatic heterocycles. The third-order valence-corrected chi connectivity index (χ3v) is 5.54. The van der Waals surface area contributed by atoms with Crippen molar-refractivity contribution in [2.75, 3.05) is 26.2 Å². The van der Waals surface area contributed by atoms with Crippen LogP contribution in [-0.4, -0.2) is 61.6 Å². The zero-order valence-electron chi connectivity index (χ0n) is 15.3. The van der Waals surface area contributed by atoms with Crippen LogP contribution >= 0.6 is 0 Å². The van der Waals surface area contributed by atoms with Gasteiger partial charge in [0.25, 0.3) is 5.91 Å². The Balaban J connectivity index is 1.44. The van der Waals surface area contributed by atoms with E-state index in [4.69, 9.17) is 4.42 Å². The van der Waals surface area contributed by atoms with Gasteiger partial charge in [-0.1, -0.05) is 6.42 Å². The minimum Gasteiger partial charge on any atom is -0.451 e. The average molecular weight is 358 g/mol. The maximum absolute atomic E-state index is 12.5. The topological polar surface area (TPSA) is 80.3 Å². The monoisotopic (exact) mass is 358 g/mol. The molecule has 2 aliphatic heterocycles. The smallest absolute Gasteiger partial charge is 0.275 e. The fourth-order valence-corrected chi connectivity index (χ4v) is 4.04. The van der Waals surface area contributed by atoms with E-state index in [9.17, 15) is 4.79 Å². The summed E-state index contributed by atoms with van der Waals surface area (Å²) in [4.78, 5) is 20.8. The molecule has 2 aromatic rings. The number of hydrogen-bond donors (Lipinski definition) is 0. The second-order valence-corrected chi connectivity index (χ2v) is 7.33. The minimum absolute atomic E-state index is 0.0702. The highest BCUT2D eigenvalue weighted by molar-refractivity contribution is 5.92. The molecule has 1 atom stereocenters. The molecule has 2 saturated heterocycles. The Morgan fingerprint density at radius 3 is 2.81 bits per heavy atom. The Morgan fingerprint density at radius 1 is 1.19 bits per heavy atom. The van der Waals surface area contributed by atoms with Gasteiger partial charge in [-0.05, 0) is 38.8 Å². The molecule has 0 N–H and O–H groups in total. The van der Waals surface area contributed by atoms with Crippen LogP contribution in [0.4, 0.5) is 0 Å². The van der Waals surface area contributed by atoms with Crippen molar-refractivity contribution in [2.24, 2.45) is 7.05 Å². The van der Waals surface area contributed by atoms with Crippen LogP contribution in [-0.2, 0) is 13.6 Å². The number of hydrogen-bond acceptors (Lipinski definition) is 6. The van der Waals surface area contributed by atoms with Gasteiger partial charge in [-0.25, -0.2) is 4.98 Å². The van der Waals surface area contributed by atoms with Crippen LogP contribution < -0.4 is 0 Å². The van der Waals surface area contributed by atoms with E-state index in [1.54, 1.807) is 0 Å². The van der Waals surface area contributed by atoms with Crippen LogP contribution in [0.1, 0.15) is 60.2 Å². The maximum Gasteiger partial charge on any atom is 0.275 e. The highest BCUT2D eigenvalue weighted by atomic mass is 16.3. The summed E-state index contributed by atoms with van der Waals surface area (Å²) in [6.07, 6.45) is 8.56. The van der Waals surface area contributed by atoms with Gasteiger partial charge in [-0.2, -0.15) is 0 Å². The normalized spacial score (nSPS) is 21.9. The number of oxazole rings is 1. The summed E-state index contributed by atoms with van der Waals surface area (Å²) in [5.41, 5.74) is 0.370. The number of piperidine rings is 2. The summed E-state index contributed by atoms with van der Waals surface area (Å²) in [5.74, 6) is 2.14. The molecule has 4 heterocycles. The van der Waals surface area contributed by atoms with Gasteiger partial charge in [0.2, 0.25) is 0 Å². The molecular weight excluding hydrogens is 332 g/mol. The van der Waals surface area contributed by atoms with Gasteiger partial charge in [-0.3, -0.25) is 9.69 Å². The summed E-state index contributed by atoms with van der Waals surface area (Å²) >= 11 is 0.